The monoisotopic (exact) mass is 131 g/mol. The molecule has 0 aromatic heterocycles. The lowest BCUT2D eigenvalue weighted by Gasteiger charge is -1.95. The van der Waals surface area contributed by atoms with Crippen LogP contribution in [0.2, 0.25) is 0 Å². The fraction of sp³-hybridized carbons (Fsp3) is 0.400. The number of nitrogens with one attached hydrogen (secondary N) is 1. The molecule has 1 atom stereocenters. The van der Waals surface area contributed by atoms with Gasteiger partial charge in [0.2, 0.25) is 5.24 Å². The zero-order valence-electron chi connectivity index (χ0n) is 4.23. The summed E-state index contributed by atoms with van der Waals surface area (Å²) in [7, 11) is 0. The van der Waals surface area contributed by atoms with E-state index in [1.54, 1.807) is 12.3 Å². The molecule has 1 N–H and O–H groups in total. The first kappa shape index (κ1) is 5.63. The van der Waals surface area contributed by atoms with Gasteiger partial charge in [-0.15, -0.1) is 0 Å². The van der Waals surface area contributed by atoms with Crippen molar-refractivity contribution >= 4 is 16.8 Å². The lowest BCUT2D eigenvalue weighted by molar-refractivity contribution is -0.113. The summed E-state index contributed by atoms with van der Waals surface area (Å²) in [5.74, 6) is -0.100. The summed E-state index contributed by atoms with van der Waals surface area (Å²) < 4.78 is 0. The Morgan fingerprint density at radius 2 is 2.62 bits per heavy atom. The van der Waals surface area contributed by atoms with Crippen molar-refractivity contribution in [2.45, 2.75) is 0 Å². The van der Waals surface area contributed by atoms with Crippen LogP contribution in [-0.4, -0.2) is 11.8 Å². The molecule has 1 unspecified atom stereocenters. The molecule has 1 aliphatic rings. The predicted molar refractivity (Wildman–Crippen MR) is 31.5 cm³/mol. The number of rotatable bonds is 1. The second-order valence-electron chi connectivity index (χ2n) is 1.68. The zero-order valence-corrected chi connectivity index (χ0v) is 4.98. The van der Waals surface area contributed by atoms with Crippen LogP contribution in [0.3, 0.4) is 0 Å². The van der Waals surface area contributed by atoms with E-state index in [0.29, 0.717) is 6.54 Å². The van der Waals surface area contributed by atoms with Gasteiger partial charge in [0.05, 0.1) is 5.92 Å². The van der Waals surface area contributed by atoms with E-state index in [1.165, 1.54) is 0 Å². The second kappa shape index (κ2) is 2.18. The van der Waals surface area contributed by atoms with Crippen LogP contribution >= 0.6 is 11.6 Å². The van der Waals surface area contributed by atoms with Gasteiger partial charge in [0.15, 0.2) is 0 Å². The Hall–Kier alpha value is -0.500. The lowest BCUT2D eigenvalue weighted by Crippen LogP contribution is -2.13. The van der Waals surface area contributed by atoms with Crippen molar-refractivity contribution in [3.63, 3.8) is 0 Å². The Morgan fingerprint density at radius 3 is 2.88 bits per heavy atom. The highest BCUT2D eigenvalue weighted by atomic mass is 35.5. The van der Waals surface area contributed by atoms with Crippen LogP contribution in [-0.2, 0) is 4.79 Å². The van der Waals surface area contributed by atoms with Gasteiger partial charge in [-0.25, -0.2) is 0 Å². The molecule has 1 rings (SSSR count). The Kier molecular flexibility index (Phi) is 1.53. The van der Waals surface area contributed by atoms with Gasteiger partial charge in [-0.05, 0) is 17.8 Å². The smallest absolute Gasteiger partial charge is 0.230 e. The summed E-state index contributed by atoms with van der Waals surface area (Å²) >= 11 is 5.15. The Morgan fingerprint density at radius 1 is 1.88 bits per heavy atom. The zero-order chi connectivity index (χ0) is 5.98. The van der Waals surface area contributed by atoms with Gasteiger partial charge >= 0.3 is 0 Å². The van der Waals surface area contributed by atoms with Crippen molar-refractivity contribution in [2.75, 3.05) is 6.54 Å². The highest BCUT2D eigenvalue weighted by Crippen LogP contribution is 2.06. The van der Waals surface area contributed by atoms with E-state index in [-0.39, 0.29) is 11.2 Å². The van der Waals surface area contributed by atoms with Gasteiger partial charge < -0.3 is 5.32 Å². The van der Waals surface area contributed by atoms with E-state index in [2.05, 4.69) is 5.32 Å². The topological polar surface area (TPSA) is 29.1 Å². The third kappa shape index (κ3) is 1.01. The first-order chi connectivity index (χ1) is 3.80. The maximum absolute atomic E-state index is 10.3. The molecule has 8 heavy (non-hydrogen) atoms. The van der Waals surface area contributed by atoms with Crippen molar-refractivity contribution in [3.8, 4) is 0 Å². The molecule has 0 bridgehead atoms. The molecule has 0 aliphatic carbocycles. The van der Waals surface area contributed by atoms with E-state index in [1.807, 2.05) is 0 Å². The van der Waals surface area contributed by atoms with Crippen LogP contribution in [0.1, 0.15) is 0 Å². The van der Waals surface area contributed by atoms with E-state index < -0.39 is 0 Å². The third-order valence-electron chi connectivity index (χ3n) is 1.08. The molecular formula is C5H6ClNO. The average Bonchev–Trinajstić information content (AvgIpc) is 2.12. The highest BCUT2D eigenvalue weighted by molar-refractivity contribution is 6.64. The van der Waals surface area contributed by atoms with Gasteiger partial charge in [-0.3, -0.25) is 4.79 Å². The van der Waals surface area contributed by atoms with Gasteiger partial charge in [0.1, 0.15) is 0 Å². The fourth-order valence-corrected chi connectivity index (χ4v) is 0.753. The summed E-state index contributed by atoms with van der Waals surface area (Å²) in [6.45, 7) is 0.655. The average molecular weight is 132 g/mol. The summed E-state index contributed by atoms with van der Waals surface area (Å²) in [6, 6.07) is 0. The molecule has 0 saturated carbocycles. The minimum absolute atomic E-state index is 0.100. The number of carbonyl (C=O) groups is 1. The van der Waals surface area contributed by atoms with E-state index in [4.69, 9.17) is 11.6 Å². The van der Waals surface area contributed by atoms with E-state index in [0.717, 1.165) is 0 Å². The molecular weight excluding hydrogens is 126 g/mol. The molecule has 0 radical (unpaired) electrons. The van der Waals surface area contributed by atoms with E-state index in [9.17, 15) is 4.79 Å². The Labute approximate surface area is 52.5 Å². The maximum atomic E-state index is 10.3. The Bertz CT molecular complexity index is 132. The normalized spacial score (nSPS) is 25.4. The van der Waals surface area contributed by atoms with Crippen molar-refractivity contribution in [3.05, 3.63) is 12.3 Å². The first-order valence-electron chi connectivity index (χ1n) is 2.40. The third-order valence-corrected chi connectivity index (χ3v) is 1.36. The highest BCUT2D eigenvalue weighted by Gasteiger charge is 2.14. The van der Waals surface area contributed by atoms with Crippen molar-refractivity contribution in [1.29, 1.82) is 0 Å². The van der Waals surface area contributed by atoms with Crippen LogP contribution in [0.15, 0.2) is 12.3 Å². The van der Waals surface area contributed by atoms with Crippen molar-refractivity contribution in [1.82, 2.24) is 5.32 Å². The molecule has 0 amide bonds. The quantitative estimate of drug-likeness (QED) is 0.525. The van der Waals surface area contributed by atoms with E-state index >= 15 is 0 Å². The van der Waals surface area contributed by atoms with Gasteiger partial charge in [-0.1, -0.05) is 6.08 Å². The number of hydrogen-bond acceptors (Lipinski definition) is 2. The maximum Gasteiger partial charge on any atom is 0.230 e. The van der Waals surface area contributed by atoms with Gasteiger partial charge in [-0.2, -0.15) is 0 Å². The van der Waals surface area contributed by atoms with Gasteiger partial charge in [0.25, 0.3) is 0 Å². The number of hydrogen-bond donors (Lipinski definition) is 1. The molecule has 1 heterocycles. The molecule has 0 fully saturated rings. The van der Waals surface area contributed by atoms with Crippen molar-refractivity contribution in [2.24, 2.45) is 5.92 Å². The number of halogens is 1. The predicted octanol–water partition coefficient (Wildman–Crippen LogP) is 0.485. The van der Waals surface area contributed by atoms with Crippen LogP contribution in [0.25, 0.3) is 0 Å². The van der Waals surface area contributed by atoms with Crippen molar-refractivity contribution < 1.29 is 4.79 Å². The lowest BCUT2D eigenvalue weighted by atomic mass is 10.2. The summed E-state index contributed by atoms with van der Waals surface area (Å²) in [6.07, 6.45) is 3.50. The fourth-order valence-electron chi connectivity index (χ4n) is 0.603. The van der Waals surface area contributed by atoms with Gasteiger partial charge in [0, 0.05) is 6.54 Å². The molecule has 2 nitrogen and oxygen atoms in total. The summed E-state index contributed by atoms with van der Waals surface area (Å²) in [4.78, 5) is 10.3. The Balaban J connectivity index is 2.48. The largest absolute Gasteiger partial charge is 0.390 e. The first-order valence-corrected chi connectivity index (χ1v) is 2.78. The van der Waals surface area contributed by atoms with Crippen LogP contribution < -0.4 is 5.32 Å². The minimum atomic E-state index is -0.286. The SMILES string of the molecule is O=C(Cl)C1C=CNC1. The second-order valence-corrected chi connectivity index (χ2v) is 2.05. The summed E-state index contributed by atoms with van der Waals surface area (Å²) in [5, 5.41) is 2.58. The van der Waals surface area contributed by atoms with Crippen LogP contribution in [0.5, 0.6) is 0 Å². The molecule has 0 aromatic carbocycles. The minimum Gasteiger partial charge on any atom is -0.390 e. The standard InChI is InChI=1S/C5H6ClNO/c6-5(8)4-1-2-7-3-4/h1-2,4,7H,3H2. The molecule has 3 heteroatoms. The molecule has 44 valence electrons. The van der Waals surface area contributed by atoms with Crippen LogP contribution in [0.4, 0.5) is 0 Å². The summed E-state index contributed by atoms with van der Waals surface area (Å²) in [5.41, 5.74) is 0. The molecule has 0 spiro atoms. The molecule has 1 aliphatic heterocycles. The molecule has 0 saturated heterocycles. The van der Waals surface area contributed by atoms with Crippen LogP contribution in [0, 0.1) is 5.92 Å². The number of carbonyl (C=O) groups excluding carboxylic acids is 1. The molecule has 0 aromatic rings.